The van der Waals surface area contributed by atoms with Gasteiger partial charge in [-0.05, 0) is 93.6 Å². The van der Waals surface area contributed by atoms with Crippen molar-refractivity contribution in [1.82, 2.24) is 0 Å². The van der Waals surface area contributed by atoms with Crippen LogP contribution >= 0.6 is 55.7 Å². The van der Waals surface area contributed by atoms with Crippen LogP contribution in [0.4, 0.5) is 0 Å². The molecule has 6 aromatic rings. The van der Waals surface area contributed by atoms with Crippen LogP contribution < -0.4 is 15.9 Å². The molecule has 0 saturated carbocycles. The summed E-state index contributed by atoms with van der Waals surface area (Å²) in [5.74, 6) is 0. The number of hydrogen-bond donors (Lipinski definition) is 0. The molecule has 0 aromatic heterocycles. The lowest BCUT2D eigenvalue weighted by Crippen LogP contribution is -2.20. The lowest BCUT2D eigenvalue weighted by molar-refractivity contribution is 1.61. The second kappa shape index (κ2) is 15.8. The van der Waals surface area contributed by atoms with Crippen LogP contribution in [0.5, 0.6) is 0 Å². The Morgan fingerprint density at radius 1 is 0.261 bits per heavy atom. The molecule has 0 nitrogen and oxygen atoms in total. The second-order valence-electron chi connectivity index (χ2n) is 10.8. The summed E-state index contributed by atoms with van der Waals surface area (Å²) in [5, 5.41) is 3.98. The molecule has 224 valence electrons. The summed E-state index contributed by atoms with van der Waals surface area (Å²) in [7, 11) is -0.741. The summed E-state index contributed by atoms with van der Waals surface area (Å²) >= 11 is 10.5. The van der Waals surface area contributed by atoms with Gasteiger partial charge in [0.15, 0.2) is 0 Å². The van der Waals surface area contributed by atoms with Crippen LogP contribution in [0.3, 0.4) is 0 Å². The van der Waals surface area contributed by atoms with Gasteiger partial charge in [0.1, 0.15) is 0 Å². The van der Waals surface area contributed by atoms with Gasteiger partial charge in [0.2, 0.25) is 0 Å². The predicted octanol–water partition coefficient (Wildman–Crippen LogP) is 12.2. The van der Waals surface area contributed by atoms with Crippen molar-refractivity contribution in [2.24, 2.45) is 0 Å². The van der Waals surface area contributed by atoms with Gasteiger partial charge < -0.3 is 0 Å². The molecule has 0 aliphatic carbocycles. The number of rotatable bonds is 9. The fraction of sp³-hybridized carbons (Fsp3) is 0. The van der Waals surface area contributed by atoms with Crippen LogP contribution in [0, 0.1) is 0 Å². The van der Waals surface area contributed by atoms with Crippen LogP contribution in [0.1, 0.15) is 33.4 Å². The summed E-state index contributed by atoms with van der Waals surface area (Å²) in [6.45, 7) is 0. The van der Waals surface area contributed by atoms with E-state index in [2.05, 4.69) is 230 Å². The maximum absolute atomic E-state index is 3.52. The van der Waals surface area contributed by atoms with Crippen LogP contribution in [-0.2, 0) is 0 Å². The summed E-state index contributed by atoms with van der Waals surface area (Å²) in [6.07, 6.45) is 13.0. The minimum Gasteiger partial charge on any atom is -0.0544 e. The highest BCUT2D eigenvalue weighted by atomic mass is 79.9. The summed E-state index contributed by atoms with van der Waals surface area (Å²) in [6, 6.07) is 52.2. The van der Waals surface area contributed by atoms with E-state index in [0.29, 0.717) is 0 Å². The molecule has 46 heavy (non-hydrogen) atoms. The van der Waals surface area contributed by atoms with Crippen molar-refractivity contribution in [3.05, 3.63) is 192 Å². The van der Waals surface area contributed by atoms with Gasteiger partial charge in [0.05, 0.1) is 0 Å². The molecule has 0 saturated heterocycles. The first kappa shape index (κ1) is 32.4. The Labute approximate surface area is 298 Å². The molecular formula is C42H30Br3P. The molecule has 6 rings (SSSR count). The first-order chi connectivity index (χ1) is 22.5. The quantitative estimate of drug-likeness (QED) is 0.101. The third-order valence-corrected chi connectivity index (χ3v) is 11.5. The highest BCUT2D eigenvalue weighted by molar-refractivity contribution is 9.11. The Hall–Kier alpha value is -3.59. The molecular weight excluding hydrogens is 775 g/mol. The van der Waals surface area contributed by atoms with Gasteiger partial charge in [0.25, 0.3) is 0 Å². The molecule has 0 heterocycles. The molecule has 0 N–H and O–H groups in total. The standard InChI is InChI=1S/C42H30Br3P/c43-37-19-7-31(8-20-37)1-4-34-13-25-40(26-14-34)46(41-27-15-35(16-28-41)5-2-32-9-21-38(44)22-10-32)42-29-17-36(18-30-42)6-3-33-11-23-39(45)24-12-33/h1-30H. The molecule has 6 aromatic carbocycles. The lowest BCUT2D eigenvalue weighted by atomic mass is 10.1. The Bertz CT molecular complexity index is 1720. The van der Waals surface area contributed by atoms with Gasteiger partial charge in [-0.3, -0.25) is 0 Å². The van der Waals surface area contributed by atoms with E-state index in [1.807, 2.05) is 0 Å². The van der Waals surface area contributed by atoms with E-state index < -0.39 is 7.92 Å². The van der Waals surface area contributed by atoms with E-state index in [1.54, 1.807) is 0 Å². The fourth-order valence-electron chi connectivity index (χ4n) is 4.95. The maximum Gasteiger partial charge on any atom is 0.0175 e. The van der Waals surface area contributed by atoms with Gasteiger partial charge in [-0.15, -0.1) is 0 Å². The Balaban J connectivity index is 1.27. The van der Waals surface area contributed by atoms with Crippen LogP contribution in [0.25, 0.3) is 36.5 Å². The molecule has 0 radical (unpaired) electrons. The minimum atomic E-state index is -0.741. The molecule has 0 aliphatic heterocycles. The average molecular weight is 805 g/mol. The number of benzene rings is 6. The van der Waals surface area contributed by atoms with Crippen LogP contribution in [0.2, 0.25) is 0 Å². The molecule has 0 fully saturated rings. The van der Waals surface area contributed by atoms with E-state index in [4.69, 9.17) is 0 Å². The van der Waals surface area contributed by atoms with Crippen molar-refractivity contribution >= 4 is 108 Å². The number of hydrogen-bond acceptors (Lipinski definition) is 0. The maximum atomic E-state index is 3.52. The smallest absolute Gasteiger partial charge is 0.0175 e. The monoisotopic (exact) mass is 802 g/mol. The van der Waals surface area contributed by atoms with Crippen molar-refractivity contribution in [2.75, 3.05) is 0 Å². The SMILES string of the molecule is Brc1ccc(C=Cc2ccc(P(c3ccc(C=Cc4ccc(Br)cc4)cc3)c3ccc(C=Cc4ccc(Br)cc4)cc3)cc2)cc1. The van der Waals surface area contributed by atoms with Crippen molar-refractivity contribution < 1.29 is 0 Å². The fourth-order valence-corrected chi connectivity index (χ4v) is 7.98. The Kier molecular flexibility index (Phi) is 11.1. The first-order valence-electron chi connectivity index (χ1n) is 14.9. The molecule has 4 heteroatoms. The topological polar surface area (TPSA) is 0 Å². The molecule has 0 unspecified atom stereocenters. The van der Waals surface area contributed by atoms with Crippen molar-refractivity contribution in [1.29, 1.82) is 0 Å². The molecule has 0 atom stereocenters. The third-order valence-electron chi connectivity index (χ3n) is 7.47. The van der Waals surface area contributed by atoms with Gasteiger partial charge >= 0.3 is 0 Å². The van der Waals surface area contributed by atoms with E-state index in [1.165, 1.54) is 49.3 Å². The summed E-state index contributed by atoms with van der Waals surface area (Å²) in [5.41, 5.74) is 7.09. The minimum absolute atomic E-state index is 0.741. The predicted molar refractivity (Wildman–Crippen MR) is 214 cm³/mol. The third kappa shape index (κ3) is 9.02. The zero-order valence-electron chi connectivity index (χ0n) is 24.9. The van der Waals surface area contributed by atoms with E-state index in [0.717, 1.165) is 13.4 Å². The van der Waals surface area contributed by atoms with Crippen molar-refractivity contribution in [3.63, 3.8) is 0 Å². The lowest BCUT2D eigenvalue weighted by Gasteiger charge is -2.20. The van der Waals surface area contributed by atoms with Crippen molar-refractivity contribution in [3.8, 4) is 0 Å². The highest BCUT2D eigenvalue weighted by Crippen LogP contribution is 2.33. The second-order valence-corrected chi connectivity index (χ2v) is 15.7. The van der Waals surface area contributed by atoms with Crippen LogP contribution in [0.15, 0.2) is 159 Å². The molecule has 0 aliphatic rings. The van der Waals surface area contributed by atoms with E-state index in [9.17, 15) is 0 Å². The molecule has 0 amide bonds. The van der Waals surface area contributed by atoms with Crippen LogP contribution in [-0.4, -0.2) is 0 Å². The van der Waals surface area contributed by atoms with Gasteiger partial charge in [-0.2, -0.15) is 0 Å². The summed E-state index contributed by atoms with van der Waals surface area (Å²) in [4.78, 5) is 0. The largest absolute Gasteiger partial charge is 0.0544 e. The van der Waals surface area contributed by atoms with Crippen molar-refractivity contribution in [2.45, 2.75) is 0 Å². The highest BCUT2D eigenvalue weighted by Gasteiger charge is 2.16. The van der Waals surface area contributed by atoms with E-state index >= 15 is 0 Å². The average Bonchev–Trinajstić information content (AvgIpc) is 3.09. The van der Waals surface area contributed by atoms with Gasteiger partial charge in [0, 0.05) is 13.4 Å². The first-order valence-corrected chi connectivity index (χ1v) is 18.6. The normalized spacial score (nSPS) is 12.3. The summed E-state index contributed by atoms with van der Waals surface area (Å²) < 4.78 is 3.26. The number of halogens is 3. The zero-order chi connectivity index (χ0) is 31.7. The Morgan fingerprint density at radius 2 is 0.435 bits per heavy atom. The van der Waals surface area contributed by atoms with Gasteiger partial charge in [-0.25, -0.2) is 0 Å². The van der Waals surface area contributed by atoms with Gasteiger partial charge in [-0.1, -0.05) is 193 Å². The van der Waals surface area contributed by atoms with E-state index in [-0.39, 0.29) is 0 Å². The Morgan fingerprint density at radius 3 is 0.630 bits per heavy atom. The molecule has 0 spiro atoms. The molecule has 0 bridgehead atoms. The zero-order valence-corrected chi connectivity index (χ0v) is 30.6.